The second kappa shape index (κ2) is 8.86. The molecule has 3 aromatic heterocycles. The molecule has 0 aliphatic heterocycles. The maximum atomic E-state index is 11.7. The van der Waals surface area contributed by atoms with Crippen LogP contribution in [0.25, 0.3) is 11.5 Å². The molecule has 0 aliphatic rings. The van der Waals surface area contributed by atoms with Gasteiger partial charge in [-0.15, -0.1) is 11.3 Å². The molecule has 0 saturated carbocycles. The van der Waals surface area contributed by atoms with Crippen molar-refractivity contribution in [3.8, 4) is 11.5 Å². The SMILES string of the molecule is O=C(COC(=O)CCc1nc(-c2ccccn2)no1)NCc1cccs1. The lowest BCUT2D eigenvalue weighted by Crippen LogP contribution is -2.28. The summed E-state index contributed by atoms with van der Waals surface area (Å²) in [5.74, 6) is -0.178. The van der Waals surface area contributed by atoms with Crippen molar-refractivity contribution in [3.63, 3.8) is 0 Å². The molecule has 26 heavy (non-hydrogen) atoms. The number of nitrogens with zero attached hydrogens (tertiary/aromatic N) is 3. The molecule has 3 aromatic rings. The first-order valence-electron chi connectivity index (χ1n) is 7.89. The van der Waals surface area contributed by atoms with Gasteiger partial charge in [0.15, 0.2) is 6.61 Å². The van der Waals surface area contributed by atoms with E-state index in [4.69, 9.17) is 9.26 Å². The Hall–Kier alpha value is -3.07. The third-order valence-corrected chi connectivity index (χ3v) is 4.19. The molecule has 0 aromatic carbocycles. The van der Waals surface area contributed by atoms with Crippen molar-refractivity contribution in [2.75, 3.05) is 6.61 Å². The summed E-state index contributed by atoms with van der Waals surface area (Å²) < 4.78 is 10.0. The van der Waals surface area contributed by atoms with Gasteiger partial charge >= 0.3 is 5.97 Å². The van der Waals surface area contributed by atoms with E-state index in [-0.39, 0.29) is 25.4 Å². The number of nitrogens with one attached hydrogen (secondary N) is 1. The van der Waals surface area contributed by atoms with Gasteiger partial charge in [0.05, 0.1) is 13.0 Å². The first kappa shape index (κ1) is 17.7. The van der Waals surface area contributed by atoms with Crippen LogP contribution in [0.3, 0.4) is 0 Å². The highest BCUT2D eigenvalue weighted by Crippen LogP contribution is 2.12. The minimum atomic E-state index is -0.506. The second-order valence-electron chi connectivity index (χ2n) is 5.24. The van der Waals surface area contributed by atoms with Crippen LogP contribution in [0.15, 0.2) is 46.4 Å². The molecule has 9 heteroatoms. The minimum Gasteiger partial charge on any atom is -0.456 e. The van der Waals surface area contributed by atoms with Crippen LogP contribution in [0.4, 0.5) is 0 Å². The van der Waals surface area contributed by atoms with Crippen LogP contribution < -0.4 is 5.32 Å². The van der Waals surface area contributed by atoms with E-state index in [2.05, 4.69) is 20.4 Å². The number of esters is 1. The number of pyridine rings is 1. The van der Waals surface area contributed by atoms with Gasteiger partial charge in [-0.1, -0.05) is 17.3 Å². The van der Waals surface area contributed by atoms with E-state index in [9.17, 15) is 9.59 Å². The maximum absolute atomic E-state index is 11.7. The zero-order chi connectivity index (χ0) is 18.2. The Morgan fingerprint density at radius 3 is 2.92 bits per heavy atom. The second-order valence-corrected chi connectivity index (χ2v) is 6.28. The van der Waals surface area contributed by atoms with Crippen LogP contribution >= 0.6 is 11.3 Å². The topological polar surface area (TPSA) is 107 Å². The summed E-state index contributed by atoms with van der Waals surface area (Å²) in [6.45, 7) is 0.111. The van der Waals surface area contributed by atoms with Gasteiger partial charge in [0.2, 0.25) is 11.7 Å². The molecule has 0 bridgehead atoms. The third-order valence-electron chi connectivity index (χ3n) is 3.31. The Labute approximate surface area is 153 Å². The largest absolute Gasteiger partial charge is 0.456 e. The maximum Gasteiger partial charge on any atom is 0.306 e. The summed E-state index contributed by atoms with van der Waals surface area (Å²) >= 11 is 1.55. The summed E-state index contributed by atoms with van der Waals surface area (Å²) in [5.41, 5.74) is 0.590. The molecule has 1 amide bonds. The van der Waals surface area contributed by atoms with Gasteiger partial charge in [0.25, 0.3) is 5.91 Å². The van der Waals surface area contributed by atoms with Gasteiger partial charge in [-0.3, -0.25) is 14.6 Å². The van der Waals surface area contributed by atoms with E-state index in [0.717, 1.165) is 4.88 Å². The Morgan fingerprint density at radius 2 is 2.15 bits per heavy atom. The summed E-state index contributed by atoms with van der Waals surface area (Å²) in [6, 6.07) is 9.19. The van der Waals surface area contributed by atoms with Gasteiger partial charge in [0, 0.05) is 17.5 Å². The number of aryl methyl sites for hydroxylation is 1. The van der Waals surface area contributed by atoms with E-state index in [1.54, 1.807) is 29.7 Å². The summed E-state index contributed by atoms with van der Waals surface area (Å²) in [7, 11) is 0. The van der Waals surface area contributed by atoms with Crippen LogP contribution in [0, 0.1) is 0 Å². The van der Waals surface area contributed by atoms with E-state index < -0.39 is 5.97 Å². The molecule has 0 saturated heterocycles. The Kier molecular flexibility index (Phi) is 6.05. The zero-order valence-electron chi connectivity index (χ0n) is 13.8. The lowest BCUT2D eigenvalue weighted by atomic mass is 10.3. The first-order valence-corrected chi connectivity index (χ1v) is 8.77. The number of hydrogen-bond acceptors (Lipinski definition) is 8. The lowest BCUT2D eigenvalue weighted by Gasteiger charge is -2.05. The van der Waals surface area contributed by atoms with Crippen LogP contribution in [-0.4, -0.2) is 33.6 Å². The number of amides is 1. The summed E-state index contributed by atoms with van der Waals surface area (Å²) in [6.07, 6.45) is 1.91. The minimum absolute atomic E-state index is 0.0437. The number of hydrogen-bond donors (Lipinski definition) is 1. The predicted molar refractivity (Wildman–Crippen MR) is 93.0 cm³/mol. The van der Waals surface area contributed by atoms with Crippen LogP contribution in [0.1, 0.15) is 17.2 Å². The molecule has 3 heterocycles. The molecule has 0 fully saturated rings. The number of rotatable bonds is 8. The third kappa shape index (κ3) is 5.21. The summed E-state index contributed by atoms with van der Waals surface area (Å²) in [5, 5.41) is 8.43. The quantitative estimate of drug-likeness (QED) is 0.603. The van der Waals surface area contributed by atoms with Gasteiger partial charge in [0.1, 0.15) is 5.69 Å². The van der Waals surface area contributed by atoms with Gasteiger partial charge < -0.3 is 14.6 Å². The van der Waals surface area contributed by atoms with Crippen molar-refractivity contribution in [1.29, 1.82) is 0 Å². The molecular formula is C17H16N4O4S. The van der Waals surface area contributed by atoms with Gasteiger partial charge in [-0.25, -0.2) is 0 Å². The highest BCUT2D eigenvalue weighted by molar-refractivity contribution is 7.09. The predicted octanol–water partition coefficient (Wildman–Crippen LogP) is 1.99. The van der Waals surface area contributed by atoms with Gasteiger partial charge in [-0.2, -0.15) is 4.98 Å². The number of carbonyl (C=O) groups excluding carboxylic acids is 2. The van der Waals surface area contributed by atoms with Gasteiger partial charge in [-0.05, 0) is 23.6 Å². The molecule has 0 atom stereocenters. The summed E-state index contributed by atoms with van der Waals surface area (Å²) in [4.78, 5) is 32.7. The van der Waals surface area contributed by atoms with E-state index in [0.29, 0.717) is 24.0 Å². The Morgan fingerprint density at radius 1 is 1.23 bits per heavy atom. The molecule has 0 aliphatic carbocycles. The van der Waals surface area contributed by atoms with Crippen LogP contribution in [0.2, 0.25) is 0 Å². The lowest BCUT2D eigenvalue weighted by molar-refractivity contribution is -0.148. The van der Waals surface area contributed by atoms with Crippen molar-refractivity contribution in [2.24, 2.45) is 0 Å². The Bertz CT molecular complexity index is 849. The molecule has 0 unspecified atom stereocenters. The normalized spacial score (nSPS) is 10.5. The van der Waals surface area contributed by atoms with Crippen molar-refractivity contribution < 1.29 is 18.8 Å². The number of ether oxygens (including phenoxy) is 1. The number of thiophene rings is 1. The standard InChI is InChI=1S/C17H16N4O4S/c22-14(19-10-12-4-3-9-26-12)11-24-16(23)7-6-15-20-17(21-25-15)13-5-1-2-8-18-13/h1-5,8-9H,6-7,10-11H2,(H,19,22). The average Bonchev–Trinajstić information content (AvgIpc) is 3.35. The first-order chi connectivity index (χ1) is 12.7. The molecule has 0 radical (unpaired) electrons. The van der Waals surface area contributed by atoms with Crippen molar-refractivity contribution in [2.45, 2.75) is 19.4 Å². The molecular weight excluding hydrogens is 356 g/mol. The number of carbonyl (C=O) groups is 2. The van der Waals surface area contributed by atoms with Crippen molar-refractivity contribution >= 4 is 23.2 Å². The monoisotopic (exact) mass is 372 g/mol. The van der Waals surface area contributed by atoms with Crippen LogP contribution in [0.5, 0.6) is 0 Å². The highest BCUT2D eigenvalue weighted by atomic mass is 32.1. The number of aromatic nitrogens is 3. The molecule has 0 spiro atoms. The van der Waals surface area contributed by atoms with Crippen molar-refractivity contribution in [3.05, 3.63) is 52.7 Å². The van der Waals surface area contributed by atoms with E-state index in [1.165, 1.54) is 0 Å². The molecule has 134 valence electrons. The fourth-order valence-corrected chi connectivity index (χ4v) is 2.68. The molecule has 3 rings (SSSR count). The zero-order valence-corrected chi connectivity index (χ0v) is 14.6. The highest BCUT2D eigenvalue weighted by Gasteiger charge is 2.13. The average molecular weight is 372 g/mol. The fourth-order valence-electron chi connectivity index (χ4n) is 2.03. The van der Waals surface area contributed by atoms with E-state index >= 15 is 0 Å². The molecule has 1 N–H and O–H groups in total. The Balaban J connectivity index is 1.37. The molecule has 8 nitrogen and oxygen atoms in total. The smallest absolute Gasteiger partial charge is 0.306 e. The van der Waals surface area contributed by atoms with E-state index in [1.807, 2.05) is 23.6 Å². The van der Waals surface area contributed by atoms with Crippen molar-refractivity contribution in [1.82, 2.24) is 20.4 Å². The fraction of sp³-hybridized carbons (Fsp3) is 0.235. The van der Waals surface area contributed by atoms with Crippen LogP contribution in [-0.2, 0) is 27.3 Å².